The summed E-state index contributed by atoms with van der Waals surface area (Å²) in [6.45, 7) is 4.78. The molecular weight excluding hydrogens is 314 g/mol. The number of likely N-dealkylation sites (N-methyl/N-ethyl adjacent to an activating group) is 1. The topological polar surface area (TPSA) is 63.1 Å². The third kappa shape index (κ3) is 3.58. The van der Waals surface area contributed by atoms with E-state index in [9.17, 15) is 4.79 Å². The summed E-state index contributed by atoms with van der Waals surface area (Å²) in [5.41, 5.74) is 2.40. The van der Waals surface area contributed by atoms with E-state index in [1.54, 1.807) is 0 Å². The molecule has 0 atom stereocenters. The van der Waals surface area contributed by atoms with Crippen LogP contribution in [0.3, 0.4) is 0 Å². The number of hydrogen-bond acceptors (Lipinski definition) is 4. The molecule has 1 aromatic carbocycles. The van der Waals surface area contributed by atoms with Gasteiger partial charge in [-0.3, -0.25) is 9.69 Å². The Hall–Kier alpha value is -2.21. The van der Waals surface area contributed by atoms with Gasteiger partial charge in [-0.2, -0.15) is 0 Å². The van der Waals surface area contributed by atoms with Gasteiger partial charge >= 0.3 is 0 Å². The minimum atomic E-state index is -0.101. The molecule has 2 aliphatic rings. The van der Waals surface area contributed by atoms with E-state index in [0.717, 1.165) is 43.4 Å². The normalized spacial score (nSPS) is 17.0. The van der Waals surface area contributed by atoms with Gasteiger partial charge in [0, 0.05) is 25.0 Å². The summed E-state index contributed by atoms with van der Waals surface area (Å²) in [5, 5.41) is 11.5. The number of rotatable bonds is 8. The summed E-state index contributed by atoms with van der Waals surface area (Å²) in [5.74, 6) is 0.297. The van der Waals surface area contributed by atoms with Gasteiger partial charge in [-0.25, -0.2) is 4.68 Å². The quantitative estimate of drug-likeness (QED) is 0.802. The number of carbonyl (C=O) groups is 1. The number of nitrogens with zero attached hydrogens (tertiary/aromatic N) is 4. The highest BCUT2D eigenvalue weighted by Crippen LogP contribution is 2.41. The van der Waals surface area contributed by atoms with Gasteiger partial charge in [-0.15, -0.1) is 5.10 Å². The van der Waals surface area contributed by atoms with Gasteiger partial charge in [0.25, 0.3) is 5.91 Å². The molecule has 132 valence electrons. The van der Waals surface area contributed by atoms with Crippen molar-refractivity contribution < 1.29 is 4.79 Å². The predicted molar refractivity (Wildman–Crippen MR) is 95.9 cm³/mol. The molecule has 0 aliphatic heterocycles. The highest BCUT2D eigenvalue weighted by molar-refractivity contribution is 5.93. The van der Waals surface area contributed by atoms with E-state index in [0.29, 0.717) is 18.2 Å². The maximum atomic E-state index is 12.7. The van der Waals surface area contributed by atoms with E-state index >= 15 is 0 Å². The van der Waals surface area contributed by atoms with Crippen molar-refractivity contribution >= 4 is 5.91 Å². The van der Waals surface area contributed by atoms with E-state index in [2.05, 4.69) is 27.5 Å². The second kappa shape index (κ2) is 6.96. The molecule has 0 spiro atoms. The number of nitrogens with one attached hydrogen (secondary N) is 1. The van der Waals surface area contributed by atoms with Gasteiger partial charge in [0.1, 0.15) is 0 Å². The van der Waals surface area contributed by atoms with Crippen LogP contribution in [0.15, 0.2) is 30.3 Å². The van der Waals surface area contributed by atoms with Crippen LogP contribution < -0.4 is 5.32 Å². The summed E-state index contributed by atoms with van der Waals surface area (Å²) in [6.07, 6.45) is 4.79. The molecular formula is C19H25N5O. The lowest BCUT2D eigenvalue weighted by molar-refractivity contribution is 0.0942. The molecule has 2 aromatic rings. The highest BCUT2D eigenvalue weighted by atomic mass is 16.2. The molecule has 0 unspecified atom stereocenters. The van der Waals surface area contributed by atoms with Crippen molar-refractivity contribution in [2.75, 3.05) is 19.6 Å². The zero-order valence-electron chi connectivity index (χ0n) is 14.7. The van der Waals surface area contributed by atoms with Crippen LogP contribution in [-0.4, -0.2) is 51.5 Å². The molecule has 0 radical (unpaired) electrons. The number of carbonyl (C=O) groups excluding carboxylic acids is 1. The van der Waals surface area contributed by atoms with Crippen LogP contribution in [0.25, 0.3) is 5.69 Å². The first-order chi connectivity index (χ1) is 12.3. The third-order valence-electron chi connectivity index (χ3n) is 5.04. The smallest absolute Gasteiger partial charge is 0.273 e. The highest BCUT2D eigenvalue weighted by Gasteiger charge is 2.34. The first-order valence-corrected chi connectivity index (χ1v) is 9.31. The molecule has 0 saturated heterocycles. The fourth-order valence-corrected chi connectivity index (χ4v) is 3.37. The number of benzene rings is 1. The second-order valence-corrected chi connectivity index (χ2v) is 6.96. The van der Waals surface area contributed by atoms with Gasteiger partial charge in [0.05, 0.1) is 11.4 Å². The lowest BCUT2D eigenvalue weighted by Gasteiger charge is -2.19. The van der Waals surface area contributed by atoms with Crippen LogP contribution in [0.4, 0.5) is 0 Å². The van der Waals surface area contributed by atoms with Crippen LogP contribution >= 0.6 is 0 Å². The Morgan fingerprint density at radius 1 is 1.24 bits per heavy atom. The monoisotopic (exact) mass is 339 g/mol. The molecule has 2 saturated carbocycles. The Balaban J connectivity index is 1.46. The van der Waals surface area contributed by atoms with Crippen LogP contribution in [0.2, 0.25) is 0 Å². The van der Waals surface area contributed by atoms with Gasteiger partial charge in [0.15, 0.2) is 5.69 Å². The first-order valence-electron chi connectivity index (χ1n) is 9.31. The Morgan fingerprint density at radius 3 is 2.64 bits per heavy atom. The molecule has 1 N–H and O–H groups in total. The number of amides is 1. The minimum absolute atomic E-state index is 0.101. The molecule has 1 amide bonds. The fourth-order valence-electron chi connectivity index (χ4n) is 3.37. The zero-order chi connectivity index (χ0) is 17.2. The van der Waals surface area contributed by atoms with Crippen molar-refractivity contribution in [1.82, 2.24) is 25.2 Å². The Labute approximate surface area is 148 Å². The first kappa shape index (κ1) is 16.3. The summed E-state index contributed by atoms with van der Waals surface area (Å²) in [7, 11) is 0. The summed E-state index contributed by atoms with van der Waals surface area (Å²) in [4.78, 5) is 15.1. The molecule has 2 aliphatic carbocycles. The predicted octanol–water partition coefficient (Wildman–Crippen LogP) is 2.36. The summed E-state index contributed by atoms with van der Waals surface area (Å²) >= 11 is 0. The van der Waals surface area contributed by atoms with E-state index < -0.39 is 0 Å². The summed E-state index contributed by atoms with van der Waals surface area (Å²) in [6, 6.07) is 10.6. The second-order valence-electron chi connectivity index (χ2n) is 6.96. The van der Waals surface area contributed by atoms with E-state index in [1.807, 2.05) is 35.0 Å². The largest absolute Gasteiger partial charge is 0.349 e. The van der Waals surface area contributed by atoms with Crippen LogP contribution in [0, 0.1) is 0 Å². The lowest BCUT2D eigenvalue weighted by atomic mass is 10.2. The van der Waals surface area contributed by atoms with Crippen molar-refractivity contribution in [3.8, 4) is 5.69 Å². The van der Waals surface area contributed by atoms with E-state index in [-0.39, 0.29) is 5.91 Å². The van der Waals surface area contributed by atoms with Crippen molar-refractivity contribution in [1.29, 1.82) is 0 Å². The molecule has 1 aromatic heterocycles. The minimum Gasteiger partial charge on any atom is -0.349 e. The Kier molecular flexibility index (Phi) is 4.53. The molecule has 0 bridgehead atoms. The third-order valence-corrected chi connectivity index (χ3v) is 5.04. The van der Waals surface area contributed by atoms with Crippen LogP contribution in [-0.2, 0) is 0 Å². The fraction of sp³-hybridized carbons (Fsp3) is 0.526. The number of aromatic nitrogens is 3. The van der Waals surface area contributed by atoms with Crippen LogP contribution in [0.5, 0.6) is 0 Å². The van der Waals surface area contributed by atoms with E-state index in [4.69, 9.17) is 0 Å². The Bertz CT molecular complexity index is 734. The van der Waals surface area contributed by atoms with Crippen molar-refractivity contribution in [2.24, 2.45) is 0 Å². The van der Waals surface area contributed by atoms with Gasteiger partial charge < -0.3 is 5.32 Å². The van der Waals surface area contributed by atoms with Crippen molar-refractivity contribution in [3.63, 3.8) is 0 Å². The van der Waals surface area contributed by atoms with Crippen molar-refractivity contribution in [2.45, 2.75) is 44.6 Å². The summed E-state index contributed by atoms with van der Waals surface area (Å²) < 4.78 is 1.83. The van der Waals surface area contributed by atoms with Crippen LogP contribution in [0.1, 0.15) is 54.7 Å². The van der Waals surface area contributed by atoms with E-state index in [1.165, 1.54) is 12.8 Å². The maximum absolute atomic E-state index is 12.7. The van der Waals surface area contributed by atoms with Gasteiger partial charge in [-0.1, -0.05) is 30.3 Å². The standard InChI is InChI=1S/C19H25N5O/c1-2-23(15-10-11-15)13-12-20-19(25)17-18(14-8-9-14)24(22-21-17)16-6-4-3-5-7-16/h3-7,14-15H,2,8-13H2,1H3,(H,20,25). The van der Waals surface area contributed by atoms with Gasteiger partial charge in [0.2, 0.25) is 0 Å². The molecule has 4 rings (SSSR count). The van der Waals surface area contributed by atoms with Crippen molar-refractivity contribution in [3.05, 3.63) is 41.7 Å². The molecule has 25 heavy (non-hydrogen) atoms. The number of hydrogen-bond donors (Lipinski definition) is 1. The average Bonchev–Trinajstić information content (AvgIpc) is 3.57. The average molecular weight is 339 g/mol. The SMILES string of the molecule is CCN(CCNC(=O)c1nnn(-c2ccccc2)c1C1CC1)C1CC1. The zero-order valence-corrected chi connectivity index (χ0v) is 14.7. The maximum Gasteiger partial charge on any atom is 0.273 e. The molecule has 6 heteroatoms. The molecule has 1 heterocycles. The Morgan fingerprint density at radius 2 is 2.00 bits per heavy atom. The van der Waals surface area contributed by atoms with Gasteiger partial charge in [-0.05, 0) is 44.4 Å². The molecule has 6 nitrogen and oxygen atoms in total. The number of para-hydroxylation sites is 1. The molecule has 2 fully saturated rings. The lowest BCUT2D eigenvalue weighted by Crippen LogP contribution is -2.36.